The highest BCUT2D eigenvalue weighted by atomic mass is 16.5. The van der Waals surface area contributed by atoms with Crippen LogP contribution in [0.2, 0.25) is 0 Å². The Balaban J connectivity index is 1.73. The summed E-state index contributed by atoms with van der Waals surface area (Å²) in [5, 5.41) is 0. The van der Waals surface area contributed by atoms with Gasteiger partial charge in [0.25, 0.3) is 0 Å². The van der Waals surface area contributed by atoms with Crippen molar-refractivity contribution in [3.63, 3.8) is 0 Å². The number of fused-ring (bicyclic) bond motifs is 2. The molecule has 1 aliphatic carbocycles. The Bertz CT molecular complexity index is 1240. The van der Waals surface area contributed by atoms with Gasteiger partial charge in [-0.1, -0.05) is 94.8 Å². The molecule has 0 saturated carbocycles. The van der Waals surface area contributed by atoms with E-state index < -0.39 is 0 Å². The van der Waals surface area contributed by atoms with Crippen molar-refractivity contribution in [2.24, 2.45) is 0 Å². The predicted octanol–water partition coefficient (Wildman–Crippen LogP) is 8.62. The molecule has 1 atom stereocenters. The molecule has 3 aromatic rings. The molecule has 2 heteroatoms. The van der Waals surface area contributed by atoms with Crippen molar-refractivity contribution in [1.82, 2.24) is 0 Å². The molecule has 0 spiro atoms. The number of para-hydroxylation sites is 1. The molecule has 1 unspecified atom stereocenters. The standard InChI is InChI=1S/C33H40O2/c1-22(28-21-33(5,6)26-19-24(28)18-25(20-26)32(2,3)4)16-17-23-12-11-15-30(35-8)31(23)27-13-9-10-14-29(27)34-7/h9-16,18-20,28H,17,21H2,1-8H3/b22-16-. The summed E-state index contributed by atoms with van der Waals surface area (Å²) in [6, 6.07) is 21.8. The molecule has 0 N–H and O–H groups in total. The van der Waals surface area contributed by atoms with E-state index in [1.807, 2.05) is 18.2 Å². The van der Waals surface area contributed by atoms with E-state index >= 15 is 0 Å². The second-order valence-electron chi connectivity index (χ2n) is 11.6. The van der Waals surface area contributed by atoms with Gasteiger partial charge in [0, 0.05) is 17.0 Å². The topological polar surface area (TPSA) is 18.5 Å². The first-order valence-corrected chi connectivity index (χ1v) is 12.7. The van der Waals surface area contributed by atoms with Crippen molar-refractivity contribution in [1.29, 1.82) is 0 Å². The number of hydrogen-bond donors (Lipinski definition) is 0. The largest absolute Gasteiger partial charge is 0.496 e. The van der Waals surface area contributed by atoms with Crippen LogP contribution in [-0.2, 0) is 17.3 Å². The zero-order chi connectivity index (χ0) is 25.4. The van der Waals surface area contributed by atoms with Crippen LogP contribution < -0.4 is 9.47 Å². The fraction of sp³-hybridized carbons (Fsp3) is 0.394. The number of allylic oxidation sites excluding steroid dienone is 2. The van der Waals surface area contributed by atoms with E-state index in [9.17, 15) is 0 Å². The van der Waals surface area contributed by atoms with E-state index in [2.05, 4.69) is 90.1 Å². The quantitative estimate of drug-likeness (QED) is 0.337. The second kappa shape index (κ2) is 9.57. The lowest BCUT2D eigenvalue weighted by Gasteiger charge is -2.38. The predicted molar refractivity (Wildman–Crippen MR) is 148 cm³/mol. The highest BCUT2D eigenvalue weighted by Crippen LogP contribution is 2.46. The number of methoxy groups -OCH3 is 2. The molecule has 0 aliphatic heterocycles. The normalized spacial score (nSPS) is 17.3. The van der Waals surface area contributed by atoms with Crippen LogP contribution in [0, 0.1) is 0 Å². The van der Waals surface area contributed by atoms with Crippen molar-refractivity contribution in [3.05, 3.63) is 94.6 Å². The van der Waals surface area contributed by atoms with Gasteiger partial charge in [0.2, 0.25) is 0 Å². The minimum atomic E-state index is 0.143. The van der Waals surface area contributed by atoms with Gasteiger partial charge in [0.05, 0.1) is 14.2 Å². The number of benzene rings is 3. The fourth-order valence-corrected chi connectivity index (χ4v) is 5.33. The first-order chi connectivity index (χ1) is 16.5. The van der Waals surface area contributed by atoms with E-state index in [4.69, 9.17) is 9.47 Å². The average Bonchev–Trinajstić information content (AvgIpc) is 2.84. The third-order valence-corrected chi connectivity index (χ3v) is 7.62. The number of hydrogen-bond acceptors (Lipinski definition) is 2. The van der Waals surface area contributed by atoms with Gasteiger partial charge in [-0.2, -0.15) is 0 Å². The lowest BCUT2D eigenvalue weighted by molar-refractivity contribution is 0.410. The number of ether oxygens (including phenoxy) is 2. The Morgan fingerprint density at radius 3 is 2.31 bits per heavy atom. The lowest BCUT2D eigenvalue weighted by Crippen LogP contribution is -2.27. The Morgan fingerprint density at radius 2 is 1.63 bits per heavy atom. The highest BCUT2D eigenvalue weighted by Gasteiger charge is 2.34. The minimum absolute atomic E-state index is 0.143. The highest BCUT2D eigenvalue weighted by molar-refractivity contribution is 5.79. The Morgan fingerprint density at radius 1 is 0.943 bits per heavy atom. The summed E-state index contributed by atoms with van der Waals surface area (Å²) >= 11 is 0. The van der Waals surface area contributed by atoms with Gasteiger partial charge in [-0.25, -0.2) is 0 Å². The van der Waals surface area contributed by atoms with Crippen LogP contribution in [0.3, 0.4) is 0 Å². The van der Waals surface area contributed by atoms with Gasteiger partial charge in [0.15, 0.2) is 0 Å². The van der Waals surface area contributed by atoms with Crippen molar-refractivity contribution < 1.29 is 9.47 Å². The monoisotopic (exact) mass is 468 g/mol. The van der Waals surface area contributed by atoms with Crippen LogP contribution >= 0.6 is 0 Å². The fourth-order valence-electron chi connectivity index (χ4n) is 5.33. The van der Waals surface area contributed by atoms with Crippen molar-refractivity contribution in [2.45, 2.75) is 71.1 Å². The summed E-state index contributed by atoms with van der Waals surface area (Å²) in [4.78, 5) is 0. The molecule has 4 rings (SSSR count). The van der Waals surface area contributed by atoms with Crippen molar-refractivity contribution >= 4 is 0 Å². The molecule has 0 amide bonds. The van der Waals surface area contributed by atoms with Gasteiger partial charge >= 0.3 is 0 Å². The first-order valence-electron chi connectivity index (χ1n) is 12.7. The molecular formula is C33H40O2. The molecular weight excluding hydrogens is 428 g/mol. The molecule has 0 fully saturated rings. The van der Waals surface area contributed by atoms with Gasteiger partial charge in [0.1, 0.15) is 11.5 Å². The van der Waals surface area contributed by atoms with E-state index in [0.29, 0.717) is 5.92 Å². The van der Waals surface area contributed by atoms with E-state index in [0.717, 1.165) is 35.5 Å². The molecule has 2 bridgehead atoms. The van der Waals surface area contributed by atoms with Gasteiger partial charge in [-0.15, -0.1) is 0 Å². The van der Waals surface area contributed by atoms with Gasteiger partial charge in [-0.3, -0.25) is 0 Å². The molecule has 3 aromatic carbocycles. The lowest BCUT2D eigenvalue weighted by atomic mass is 9.66. The van der Waals surface area contributed by atoms with Crippen LogP contribution in [0.1, 0.15) is 76.1 Å². The molecule has 0 saturated heterocycles. The number of rotatable bonds is 6. The first kappa shape index (κ1) is 25.1. The summed E-state index contributed by atoms with van der Waals surface area (Å²) in [6.45, 7) is 14.0. The van der Waals surface area contributed by atoms with Crippen molar-refractivity contribution in [3.8, 4) is 22.6 Å². The maximum Gasteiger partial charge on any atom is 0.127 e. The average molecular weight is 469 g/mol. The summed E-state index contributed by atoms with van der Waals surface area (Å²) in [5.74, 6) is 2.17. The summed E-state index contributed by atoms with van der Waals surface area (Å²) < 4.78 is 11.5. The van der Waals surface area contributed by atoms with Crippen molar-refractivity contribution in [2.75, 3.05) is 14.2 Å². The smallest absolute Gasteiger partial charge is 0.127 e. The summed E-state index contributed by atoms with van der Waals surface area (Å²) in [5.41, 5.74) is 9.51. The van der Waals surface area contributed by atoms with E-state index in [1.165, 1.54) is 27.8 Å². The Hall–Kier alpha value is -3.00. The molecule has 0 heterocycles. The third-order valence-electron chi connectivity index (χ3n) is 7.62. The molecule has 0 radical (unpaired) electrons. The third kappa shape index (κ3) is 5.03. The van der Waals surface area contributed by atoms with Gasteiger partial charge in [-0.05, 0) is 65.0 Å². The maximum absolute atomic E-state index is 5.79. The van der Waals surface area contributed by atoms with Crippen LogP contribution in [0.15, 0.2) is 72.3 Å². The van der Waals surface area contributed by atoms with Crippen LogP contribution in [0.4, 0.5) is 0 Å². The van der Waals surface area contributed by atoms with E-state index in [1.54, 1.807) is 14.2 Å². The summed E-state index contributed by atoms with van der Waals surface area (Å²) in [7, 11) is 3.46. The van der Waals surface area contributed by atoms with E-state index in [-0.39, 0.29) is 10.8 Å². The maximum atomic E-state index is 5.79. The molecule has 35 heavy (non-hydrogen) atoms. The Kier molecular flexibility index (Phi) is 6.86. The van der Waals surface area contributed by atoms with Gasteiger partial charge < -0.3 is 9.47 Å². The second-order valence-corrected chi connectivity index (χ2v) is 11.6. The Labute approximate surface area is 212 Å². The zero-order valence-electron chi connectivity index (χ0n) is 22.7. The van der Waals surface area contributed by atoms with Crippen LogP contribution in [0.25, 0.3) is 11.1 Å². The summed E-state index contributed by atoms with van der Waals surface area (Å²) in [6.07, 6.45) is 4.40. The van der Waals surface area contributed by atoms with Crippen LogP contribution in [-0.4, -0.2) is 14.2 Å². The zero-order valence-corrected chi connectivity index (χ0v) is 22.7. The molecule has 1 aliphatic rings. The van der Waals surface area contributed by atoms with Crippen LogP contribution in [0.5, 0.6) is 11.5 Å². The molecule has 0 aromatic heterocycles. The molecule has 184 valence electrons. The molecule has 2 nitrogen and oxygen atoms in total. The minimum Gasteiger partial charge on any atom is -0.496 e. The SMILES string of the molecule is COc1ccccc1-c1c(C/C=C(/C)C2CC(C)(C)c3cc2cc(C(C)(C)C)c3)cccc1OC.